The molecule has 6 N–H and O–H groups in total. The van der Waals surface area contributed by atoms with Crippen LogP contribution in [-0.4, -0.2) is 53.1 Å². The van der Waals surface area contributed by atoms with Gasteiger partial charge in [0.25, 0.3) is 0 Å². The van der Waals surface area contributed by atoms with Crippen LogP contribution in [0.5, 0.6) is 0 Å². The van der Waals surface area contributed by atoms with Crippen molar-refractivity contribution in [3.63, 3.8) is 0 Å². The van der Waals surface area contributed by atoms with Crippen molar-refractivity contribution in [2.24, 2.45) is 11.5 Å². The number of hydrogen-bond acceptors (Lipinski definition) is 8. The monoisotopic (exact) mass is 700 g/mol. The number of nitrogens with zero attached hydrogens (tertiary/aromatic N) is 4. The molecule has 0 fully saturated rings. The lowest BCUT2D eigenvalue weighted by atomic mass is 10.1. The van der Waals surface area contributed by atoms with Crippen LogP contribution in [0.2, 0.25) is 0 Å². The minimum atomic E-state index is -1.10. The van der Waals surface area contributed by atoms with Gasteiger partial charge in [0, 0.05) is 44.4 Å². The summed E-state index contributed by atoms with van der Waals surface area (Å²) in [4.78, 5) is 59.4. The first-order valence-electron chi connectivity index (χ1n) is 15.2. The Morgan fingerprint density at radius 2 is 1.00 bits per heavy atom. The van der Waals surface area contributed by atoms with Gasteiger partial charge in [-0.15, -0.1) is 22.7 Å². The van der Waals surface area contributed by atoms with Crippen LogP contribution in [0.4, 0.5) is 0 Å². The normalized spacial score (nSPS) is 11.6. The third kappa shape index (κ3) is 4.88. The molecule has 0 atom stereocenters. The lowest BCUT2D eigenvalue weighted by Gasteiger charge is -2.14. The van der Waals surface area contributed by atoms with Crippen LogP contribution >= 0.6 is 22.7 Å². The fourth-order valence-corrected chi connectivity index (χ4v) is 8.51. The molecule has 0 saturated carbocycles. The number of amides is 2. The Balaban J connectivity index is 1.36. The maximum Gasteiger partial charge on any atom is 0.346 e. The number of nitrogens with two attached hydrogens (primary N) is 2. The summed E-state index contributed by atoms with van der Waals surface area (Å²) in [5.41, 5.74) is 14.7. The molecule has 0 saturated heterocycles. The number of aromatic nitrogens is 4. The second-order valence-corrected chi connectivity index (χ2v) is 13.6. The van der Waals surface area contributed by atoms with E-state index in [1.807, 2.05) is 57.7 Å². The van der Waals surface area contributed by atoms with Crippen molar-refractivity contribution in [3.8, 4) is 22.8 Å². The number of carboxylic acids is 2. The van der Waals surface area contributed by atoms with E-state index < -0.39 is 23.8 Å². The smallest absolute Gasteiger partial charge is 0.346 e. The molecule has 0 aliphatic rings. The predicted molar refractivity (Wildman–Crippen MR) is 192 cm³/mol. The Kier molecular flexibility index (Phi) is 7.20. The largest absolute Gasteiger partial charge is 0.477 e. The number of benzene rings is 4. The van der Waals surface area contributed by atoms with Gasteiger partial charge in [-0.25, -0.2) is 19.6 Å². The van der Waals surface area contributed by atoms with E-state index in [1.165, 1.54) is 0 Å². The fraction of sp³-hybridized carbons (Fsp3) is 0.0556. The number of hydrogen-bond donors (Lipinski definition) is 4. The molecule has 0 bridgehead atoms. The number of carboxylic acid groups (broad SMARTS) is 2. The highest BCUT2D eigenvalue weighted by Gasteiger charge is 2.27. The van der Waals surface area contributed by atoms with Gasteiger partial charge in [-0.3, -0.25) is 9.59 Å². The van der Waals surface area contributed by atoms with E-state index in [9.17, 15) is 29.4 Å². The third-order valence-corrected chi connectivity index (χ3v) is 11.0. The number of imidazole rings is 2. The number of carbonyl (C=O) groups is 4. The molecule has 50 heavy (non-hydrogen) atoms. The van der Waals surface area contributed by atoms with Gasteiger partial charge in [0.15, 0.2) is 0 Å². The van der Waals surface area contributed by atoms with Crippen LogP contribution in [-0.2, 0) is 13.1 Å². The van der Waals surface area contributed by atoms with E-state index in [1.54, 1.807) is 36.4 Å². The number of thiophene rings is 2. The van der Waals surface area contributed by atoms with Crippen molar-refractivity contribution in [1.29, 1.82) is 0 Å². The van der Waals surface area contributed by atoms with E-state index in [0.29, 0.717) is 55.6 Å². The van der Waals surface area contributed by atoms with Crippen molar-refractivity contribution in [3.05, 3.63) is 106 Å². The zero-order valence-corrected chi connectivity index (χ0v) is 27.4. The van der Waals surface area contributed by atoms with E-state index in [2.05, 4.69) is 0 Å². The van der Waals surface area contributed by atoms with Crippen LogP contribution < -0.4 is 11.5 Å². The molecule has 0 spiro atoms. The van der Waals surface area contributed by atoms with Gasteiger partial charge in [0.1, 0.15) is 21.4 Å². The van der Waals surface area contributed by atoms with Crippen LogP contribution in [0.15, 0.2) is 84.9 Å². The summed E-state index contributed by atoms with van der Waals surface area (Å²) in [6.45, 7) is 0.455. The Morgan fingerprint density at radius 3 is 1.38 bits per heavy atom. The van der Waals surface area contributed by atoms with Gasteiger partial charge in [-0.05, 0) is 48.5 Å². The number of primary amides is 2. The molecule has 0 aliphatic carbocycles. The minimum absolute atomic E-state index is 0.112. The number of fused-ring (bicyclic) bond motifs is 4. The highest BCUT2D eigenvalue weighted by molar-refractivity contribution is 7.21. The summed E-state index contributed by atoms with van der Waals surface area (Å²) in [5, 5.41) is 22.0. The van der Waals surface area contributed by atoms with Gasteiger partial charge >= 0.3 is 11.9 Å². The summed E-state index contributed by atoms with van der Waals surface area (Å²) in [6, 6.07) is 24.5. The highest BCUT2D eigenvalue weighted by Crippen LogP contribution is 2.42. The van der Waals surface area contributed by atoms with E-state index in [-0.39, 0.29) is 34.0 Å². The SMILES string of the molecule is NC(=O)c1ccc2c(c1)nc(-c1c(C(=O)O)sc3ccccc13)n2CCn1c(-c2c(C(=O)O)sc3ccccc23)nc2cc(C(N)=O)ccc21. The summed E-state index contributed by atoms with van der Waals surface area (Å²) in [5.74, 6) is -2.70. The molecule has 8 rings (SSSR count). The van der Waals surface area contributed by atoms with E-state index >= 15 is 0 Å². The summed E-state index contributed by atoms with van der Waals surface area (Å²) in [6.07, 6.45) is 0. The number of aryl methyl sites for hydroxylation is 2. The lowest BCUT2D eigenvalue weighted by Crippen LogP contribution is -2.12. The highest BCUT2D eigenvalue weighted by atomic mass is 32.1. The summed E-state index contributed by atoms with van der Waals surface area (Å²) in [7, 11) is 0. The van der Waals surface area contributed by atoms with Gasteiger partial charge < -0.3 is 30.8 Å². The average Bonchev–Trinajstić information content (AvgIpc) is 3.86. The number of rotatable bonds is 9. The molecular formula is C36H24N6O6S2. The molecule has 4 heterocycles. The van der Waals surface area contributed by atoms with Crippen molar-refractivity contribution in [2.45, 2.75) is 13.1 Å². The Labute approximate surface area is 289 Å². The second-order valence-electron chi connectivity index (χ2n) is 11.5. The van der Waals surface area contributed by atoms with Crippen molar-refractivity contribution >= 4 is 88.7 Å². The van der Waals surface area contributed by atoms with Crippen LogP contribution in [0.3, 0.4) is 0 Å². The topological polar surface area (TPSA) is 196 Å². The van der Waals surface area contributed by atoms with E-state index in [4.69, 9.17) is 21.4 Å². The van der Waals surface area contributed by atoms with Crippen molar-refractivity contribution in [2.75, 3.05) is 0 Å². The Hall–Kier alpha value is -6.38. The minimum Gasteiger partial charge on any atom is -0.477 e. The van der Waals surface area contributed by atoms with Crippen LogP contribution in [0, 0.1) is 0 Å². The first kappa shape index (κ1) is 30.9. The van der Waals surface area contributed by atoms with Crippen LogP contribution in [0.25, 0.3) is 65.0 Å². The number of aromatic carboxylic acids is 2. The average molecular weight is 701 g/mol. The third-order valence-electron chi connectivity index (χ3n) is 8.64. The Bertz CT molecular complexity index is 2570. The fourth-order valence-electron chi connectivity index (χ4n) is 6.44. The molecule has 0 radical (unpaired) electrons. The Morgan fingerprint density at radius 1 is 0.600 bits per heavy atom. The molecule has 0 aliphatic heterocycles. The van der Waals surface area contributed by atoms with Gasteiger partial charge in [0.05, 0.1) is 33.2 Å². The van der Waals surface area contributed by atoms with Crippen molar-refractivity contribution in [1.82, 2.24) is 19.1 Å². The standard InChI is InChI=1S/C36H24N6O6S2/c37-31(43)17-9-11-23-21(15-17)39-33(27-19-5-1-3-7-25(19)49-29(27)35(45)46)41(23)13-14-42-24-12-10-18(32(38)44)16-22(24)40-34(42)28-20-6-2-4-8-26(20)50-30(28)36(47)48/h1-12,15-16H,13-14H2,(H2,37,43)(H2,38,44)(H,45,46)(H,47,48). The zero-order chi connectivity index (χ0) is 34.8. The molecule has 2 amide bonds. The molecule has 246 valence electrons. The first-order valence-corrected chi connectivity index (χ1v) is 16.8. The van der Waals surface area contributed by atoms with Gasteiger partial charge in [-0.2, -0.15) is 0 Å². The van der Waals surface area contributed by atoms with Gasteiger partial charge in [0.2, 0.25) is 11.8 Å². The summed E-state index contributed by atoms with van der Waals surface area (Å²) >= 11 is 2.29. The molecular weight excluding hydrogens is 677 g/mol. The molecule has 8 aromatic rings. The number of carbonyl (C=O) groups excluding carboxylic acids is 2. The molecule has 4 aromatic carbocycles. The molecule has 4 aromatic heterocycles. The predicted octanol–water partition coefficient (Wildman–Crippen LogP) is 6.44. The quantitative estimate of drug-likeness (QED) is 0.132. The van der Waals surface area contributed by atoms with E-state index in [0.717, 1.165) is 32.1 Å². The molecule has 14 heteroatoms. The second kappa shape index (κ2) is 11.6. The zero-order valence-electron chi connectivity index (χ0n) is 25.8. The summed E-state index contributed by atoms with van der Waals surface area (Å²) < 4.78 is 5.32. The molecule has 12 nitrogen and oxygen atoms in total. The van der Waals surface area contributed by atoms with Crippen LogP contribution in [0.1, 0.15) is 40.1 Å². The maximum atomic E-state index is 12.6. The maximum absolute atomic E-state index is 12.6. The first-order chi connectivity index (χ1) is 24.1. The van der Waals surface area contributed by atoms with Crippen molar-refractivity contribution < 1.29 is 29.4 Å². The molecule has 0 unspecified atom stereocenters. The lowest BCUT2D eigenvalue weighted by molar-refractivity contribution is 0.0692. The van der Waals surface area contributed by atoms with Gasteiger partial charge in [-0.1, -0.05) is 36.4 Å².